The molecule has 1 aromatic heterocycles. The Morgan fingerprint density at radius 1 is 0.750 bits per heavy atom. The van der Waals surface area contributed by atoms with Gasteiger partial charge in [0.05, 0.1) is 29.8 Å². The molecule has 0 bridgehead atoms. The number of piperidine rings is 2. The molecule has 0 aliphatic carbocycles. The Morgan fingerprint density at radius 3 is 2.03 bits per heavy atom. The molecule has 0 atom stereocenters. The minimum absolute atomic E-state index is 0.326. The van der Waals surface area contributed by atoms with Crippen LogP contribution in [0.15, 0.2) is 51.2 Å². The maximum Gasteiger partial charge on any atom is 0.347 e. The zero-order chi connectivity index (χ0) is 22.2. The summed E-state index contributed by atoms with van der Waals surface area (Å²) in [6.07, 6.45) is 12.5. The number of hydrogen-bond acceptors (Lipinski definition) is 8. The van der Waals surface area contributed by atoms with Crippen molar-refractivity contribution in [3.8, 4) is 0 Å². The Bertz CT molecular complexity index is 972. The van der Waals surface area contributed by atoms with E-state index < -0.39 is 11.9 Å². The minimum atomic E-state index is -0.583. The number of esters is 2. The monoisotopic (exact) mass is 436 g/mol. The van der Waals surface area contributed by atoms with Crippen molar-refractivity contribution in [3.63, 3.8) is 0 Å². The van der Waals surface area contributed by atoms with E-state index in [0.717, 1.165) is 44.8 Å². The predicted molar refractivity (Wildman–Crippen MR) is 121 cm³/mol. The Balaban J connectivity index is 0.000000165. The molecule has 2 saturated heterocycles. The summed E-state index contributed by atoms with van der Waals surface area (Å²) in [5.41, 5.74) is 1.29. The quantitative estimate of drug-likeness (QED) is 0.410. The summed E-state index contributed by atoms with van der Waals surface area (Å²) < 4.78 is 9.76. The largest absolute Gasteiger partial charge is 0.463 e. The second-order valence-electron chi connectivity index (χ2n) is 7.98. The fourth-order valence-electron chi connectivity index (χ4n) is 3.90. The van der Waals surface area contributed by atoms with Gasteiger partial charge < -0.3 is 9.15 Å². The van der Waals surface area contributed by atoms with E-state index in [1.165, 1.54) is 25.7 Å². The summed E-state index contributed by atoms with van der Waals surface area (Å²) >= 11 is 0. The highest BCUT2D eigenvalue weighted by atomic mass is 16.6. The fourth-order valence-corrected chi connectivity index (χ4v) is 3.90. The van der Waals surface area contributed by atoms with Crippen molar-refractivity contribution in [1.82, 2.24) is 10.0 Å². The van der Waals surface area contributed by atoms with Gasteiger partial charge in [-0.2, -0.15) is 10.2 Å². The number of ether oxygens (including phenoxy) is 1. The molecule has 168 valence electrons. The first-order chi connectivity index (χ1) is 15.7. The standard InChI is InChI=1S/C14H14N2O3.C10H14N2O/c17-13-11-6-4-5-10(12(11)14(18)19-13)9-15-16-7-2-1-3-8-16;1-2-6-12(7-3-1)11-9-10-5-4-8-13-10/h4-6,9H,1-3,7-8H2;4-5,8-9H,1-3,6-7H2/b15-9-;11-9+. The smallest absolute Gasteiger partial charge is 0.347 e. The summed E-state index contributed by atoms with van der Waals surface area (Å²) in [4.78, 5) is 23.1. The SMILES string of the molecule is C(=N\N1CCCCC1)/c1ccco1.O=C1OC(=O)c2c(/C=N\N3CCCCC3)cccc21. The number of hydrazone groups is 2. The minimum Gasteiger partial charge on any atom is -0.463 e. The van der Waals surface area contributed by atoms with Crippen molar-refractivity contribution in [1.29, 1.82) is 0 Å². The fraction of sp³-hybridized carbons (Fsp3) is 0.417. The number of fused-ring (bicyclic) bond motifs is 1. The van der Waals surface area contributed by atoms with Crippen LogP contribution in [0.1, 0.15) is 70.6 Å². The van der Waals surface area contributed by atoms with Crippen LogP contribution in [0.25, 0.3) is 0 Å². The number of hydrogen-bond donors (Lipinski definition) is 0. The first kappa shape index (κ1) is 21.8. The van der Waals surface area contributed by atoms with Crippen LogP contribution in [0.4, 0.5) is 0 Å². The molecular weight excluding hydrogens is 408 g/mol. The van der Waals surface area contributed by atoms with Crippen molar-refractivity contribution in [2.45, 2.75) is 38.5 Å². The lowest BCUT2D eigenvalue weighted by atomic mass is 10.0. The molecule has 0 spiro atoms. The average Bonchev–Trinajstić information content (AvgIpc) is 3.46. The van der Waals surface area contributed by atoms with Crippen molar-refractivity contribution < 1.29 is 18.7 Å². The van der Waals surface area contributed by atoms with Gasteiger partial charge in [-0.05, 0) is 56.7 Å². The summed E-state index contributed by atoms with van der Waals surface area (Å²) in [5.74, 6) is -0.334. The normalized spacial score (nSPS) is 18.6. The number of carbonyl (C=O) groups is 2. The lowest BCUT2D eigenvalue weighted by molar-refractivity contribution is 0.0443. The van der Waals surface area contributed by atoms with E-state index in [1.54, 1.807) is 36.9 Å². The second kappa shape index (κ2) is 10.7. The third-order valence-corrected chi connectivity index (χ3v) is 5.62. The highest BCUT2D eigenvalue weighted by molar-refractivity contribution is 6.17. The van der Waals surface area contributed by atoms with Crippen molar-refractivity contribution >= 4 is 24.4 Å². The molecule has 3 aliphatic rings. The van der Waals surface area contributed by atoms with Crippen LogP contribution < -0.4 is 0 Å². The molecule has 8 nitrogen and oxygen atoms in total. The Labute approximate surface area is 187 Å². The number of cyclic esters (lactones) is 2. The molecule has 1 aromatic carbocycles. The van der Waals surface area contributed by atoms with Crippen LogP contribution in [0, 0.1) is 0 Å². The molecule has 8 heteroatoms. The van der Waals surface area contributed by atoms with E-state index >= 15 is 0 Å². The van der Waals surface area contributed by atoms with E-state index in [4.69, 9.17) is 4.42 Å². The molecule has 5 rings (SSSR count). The molecule has 2 aromatic rings. The Hall–Kier alpha value is -3.42. The maximum atomic E-state index is 11.6. The van der Waals surface area contributed by atoms with E-state index in [1.807, 2.05) is 17.1 Å². The van der Waals surface area contributed by atoms with Crippen LogP contribution in [0.2, 0.25) is 0 Å². The van der Waals surface area contributed by atoms with Crippen molar-refractivity contribution in [2.24, 2.45) is 10.2 Å². The van der Waals surface area contributed by atoms with Crippen molar-refractivity contribution in [3.05, 3.63) is 59.0 Å². The van der Waals surface area contributed by atoms with Crippen LogP contribution in [0.5, 0.6) is 0 Å². The Kier molecular flexibility index (Phi) is 7.32. The molecule has 3 aliphatic heterocycles. The molecule has 0 unspecified atom stereocenters. The zero-order valence-corrected chi connectivity index (χ0v) is 18.1. The summed E-state index contributed by atoms with van der Waals surface area (Å²) in [6.45, 7) is 4.04. The number of rotatable bonds is 4. The average molecular weight is 437 g/mol. The summed E-state index contributed by atoms with van der Waals surface area (Å²) in [5, 5.41) is 12.8. The number of benzene rings is 1. The maximum absolute atomic E-state index is 11.6. The number of nitrogens with zero attached hydrogens (tertiary/aromatic N) is 4. The highest BCUT2D eigenvalue weighted by Crippen LogP contribution is 2.22. The third-order valence-electron chi connectivity index (χ3n) is 5.62. The molecule has 32 heavy (non-hydrogen) atoms. The predicted octanol–water partition coefficient (Wildman–Crippen LogP) is 3.92. The lowest BCUT2D eigenvalue weighted by Gasteiger charge is -2.23. The zero-order valence-electron chi connectivity index (χ0n) is 18.1. The van der Waals surface area contributed by atoms with Gasteiger partial charge >= 0.3 is 11.9 Å². The van der Waals surface area contributed by atoms with Crippen LogP contribution >= 0.6 is 0 Å². The van der Waals surface area contributed by atoms with Crippen LogP contribution in [-0.4, -0.2) is 60.6 Å². The van der Waals surface area contributed by atoms with E-state index in [0.29, 0.717) is 16.7 Å². The highest BCUT2D eigenvalue weighted by Gasteiger charge is 2.31. The molecule has 0 N–H and O–H groups in total. The van der Waals surface area contributed by atoms with Gasteiger partial charge in [0.2, 0.25) is 0 Å². The van der Waals surface area contributed by atoms with E-state index in [-0.39, 0.29) is 0 Å². The van der Waals surface area contributed by atoms with Gasteiger partial charge in [0.1, 0.15) is 5.76 Å². The van der Waals surface area contributed by atoms with Crippen LogP contribution in [0.3, 0.4) is 0 Å². The van der Waals surface area contributed by atoms with Gasteiger partial charge in [0, 0.05) is 31.7 Å². The number of furan rings is 1. The summed E-state index contributed by atoms with van der Waals surface area (Å²) in [6, 6.07) is 8.88. The Morgan fingerprint density at radius 2 is 1.41 bits per heavy atom. The van der Waals surface area contributed by atoms with E-state index in [2.05, 4.69) is 19.9 Å². The van der Waals surface area contributed by atoms with Gasteiger partial charge in [-0.3, -0.25) is 10.0 Å². The van der Waals surface area contributed by atoms with E-state index in [9.17, 15) is 9.59 Å². The topological polar surface area (TPSA) is 87.7 Å². The van der Waals surface area contributed by atoms with Gasteiger partial charge in [-0.25, -0.2) is 9.59 Å². The molecular formula is C24H28N4O4. The molecule has 0 saturated carbocycles. The molecule has 0 amide bonds. The molecule has 2 fully saturated rings. The van der Waals surface area contributed by atoms with Gasteiger partial charge in [0.15, 0.2) is 0 Å². The third kappa shape index (κ3) is 5.63. The number of carbonyl (C=O) groups excluding carboxylic acids is 2. The van der Waals surface area contributed by atoms with Crippen molar-refractivity contribution in [2.75, 3.05) is 26.2 Å². The van der Waals surface area contributed by atoms with Gasteiger partial charge in [-0.15, -0.1) is 0 Å². The molecule has 4 heterocycles. The van der Waals surface area contributed by atoms with Crippen LogP contribution in [-0.2, 0) is 4.74 Å². The second-order valence-corrected chi connectivity index (χ2v) is 7.98. The van der Waals surface area contributed by atoms with Gasteiger partial charge in [0.25, 0.3) is 0 Å². The first-order valence-corrected chi connectivity index (χ1v) is 11.2. The molecule has 0 radical (unpaired) electrons. The van der Waals surface area contributed by atoms with Gasteiger partial charge in [-0.1, -0.05) is 12.1 Å². The first-order valence-electron chi connectivity index (χ1n) is 11.2. The summed E-state index contributed by atoms with van der Waals surface area (Å²) in [7, 11) is 0. The lowest BCUT2D eigenvalue weighted by Crippen LogP contribution is -2.24.